The minimum Gasteiger partial charge on any atom is -0.476 e. The number of carboxylic acids is 1. The first-order valence-corrected chi connectivity index (χ1v) is 4.56. The van der Waals surface area contributed by atoms with Crippen LogP contribution in [0.3, 0.4) is 0 Å². The summed E-state index contributed by atoms with van der Waals surface area (Å²) in [5.74, 6) is -1.26. The van der Waals surface area contributed by atoms with Crippen molar-refractivity contribution in [2.45, 2.75) is 6.92 Å². The predicted molar refractivity (Wildman–Crippen MR) is 56.5 cm³/mol. The lowest BCUT2D eigenvalue weighted by molar-refractivity contribution is -0.114. The van der Waals surface area contributed by atoms with E-state index in [2.05, 4.69) is 10.3 Å². The summed E-state index contributed by atoms with van der Waals surface area (Å²) in [5, 5.41) is 11.4. The van der Waals surface area contributed by atoms with Gasteiger partial charge in [0.2, 0.25) is 5.91 Å². The quantitative estimate of drug-likeness (QED) is 0.788. The molecule has 2 rings (SSSR count). The summed E-state index contributed by atoms with van der Waals surface area (Å²) in [6, 6.07) is 3.27. The van der Waals surface area contributed by atoms with Gasteiger partial charge in [-0.1, -0.05) is 0 Å². The number of carbonyl (C=O) groups is 2. The molecule has 2 heterocycles. The Morgan fingerprint density at radius 2 is 2.25 bits per heavy atom. The summed E-state index contributed by atoms with van der Waals surface area (Å²) in [4.78, 5) is 25.4. The van der Waals surface area contributed by atoms with E-state index in [0.29, 0.717) is 11.3 Å². The van der Waals surface area contributed by atoms with Gasteiger partial charge in [0.25, 0.3) is 0 Å². The lowest BCUT2D eigenvalue weighted by Crippen LogP contribution is -2.05. The van der Waals surface area contributed by atoms with Crippen molar-refractivity contribution >= 4 is 23.2 Å². The van der Waals surface area contributed by atoms with Gasteiger partial charge < -0.3 is 14.8 Å². The summed E-state index contributed by atoms with van der Waals surface area (Å²) in [5.41, 5.74) is 1.03. The van der Waals surface area contributed by atoms with E-state index in [-0.39, 0.29) is 11.6 Å². The number of nitrogens with zero attached hydrogens (tertiary/aromatic N) is 2. The number of anilines is 1. The molecule has 6 heteroatoms. The van der Waals surface area contributed by atoms with Crippen LogP contribution in [0.2, 0.25) is 0 Å². The maximum Gasteiger partial charge on any atom is 0.356 e. The van der Waals surface area contributed by atoms with Crippen LogP contribution in [-0.4, -0.2) is 26.4 Å². The Bertz CT molecular complexity index is 574. The number of hydrogen-bond acceptors (Lipinski definition) is 3. The molecule has 0 aliphatic rings. The van der Waals surface area contributed by atoms with Crippen molar-refractivity contribution in [1.82, 2.24) is 9.38 Å². The molecule has 2 aromatic heterocycles. The standard InChI is InChI=1S/C10H9N3O3/c1-6(14)11-7-2-3-13-5-8(10(15)16)12-9(13)4-7/h2-5H,1H3,(H,11,14)(H,15,16). The zero-order chi connectivity index (χ0) is 11.7. The minimum atomic E-state index is -1.08. The minimum absolute atomic E-state index is 0.0278. The number of pyridine rings is 1. The fourth-order valence-corrected chi connectivity index (χ4v) is 1.37. The van der Waals surface area contributed by atoms with E-state index in [1.165, 1.54) is 13.1 Å². The SMILES string of the molecule is CC(=O)Nc1ccn2cc(C(=O)O)nc2c1. The first-order valence-electron chi connectivity index (χ1n) is 4.56. The Hall–Kier alpha value is -2.37. The second kappa shape index (κ2) is 3.65. The molecule has 6 nitrogen and oxygen atoms in total. The van der Waals surface area contributed by atoms with Crippen LogP contribution in [-0.2, 0) is 4.79 Å². The van der Waals surface area contributed by atoms with Crippen LogP contribution in [0.4, 0.5) is 5.69 Å². The van der Waals surface area contributed by atoms with Gasteiger partial charge in [0.1, 0.15) is 5.65 Å². The number of aromatic carboxylic acids is 1. The van der Waals surface area contributed by atoms with E-state index >= 15 is 0 Å². The summed E-state index contributed by atoms with van der Waals surface area (Å²) in [6.07, 6.45) is 3.05. The Labute approximate surface area is 90.5 Å². The molecule has 0 aliphatic carbocycles. The monoisotopic (exact) mass is 219 g/mol. The molecule has 2 N–H and O–H groups in total. The highest BCUT2D eigenvalue weighted by molar-refractivity contribution is 5.89. The fourth-order valence-electron chi connectivity index (χ4n) is 1.37. The highest BCUT2D eigenvalue weighted by Crippen LogP contribution is 2.12. The van der Waals surface area contributed by atoms with Gasteiger partial charge >= 0.3 is 5.97 Å². The number of imidazole rings is 1. The van der Waals surface area contributed by atoms with Gasteiger partial charge in [-0.25, -0.2) is 9.78 Å². The van der Waals surface area contributed by atoms with Gasteiger partial charge in [-0.2, -0.15) is 0 Å². The number of carboxylic acid groups (broad SMARTS) is 1. The molecule has 2 aromatic rings. The molecule has 0 bridgehead atoms. The zero-order valence-electron chi connectivity index (χ0n) is 8.47. The zero-order valence-corrected chi connectivity index (χ0v) is 8.47. The Morgan fingerprint density at radius 1 is 1.50 bits per heavy atom. The van der Waals surface area contributed by atoms with Crippen LogP contribution in [0.1, 0.15) is 17.4 Å². The number of rotatable bonds is 2. The number of hydrogen-bond donors (Lipinski definition) is 2. The third kappa shape index (κ3) is 1.85. The maximum atomic E-state index is 10.8. The van der Waals surface area contributed by atoms with Gasteiger partial charge in [-0.3, -0.25) is 4.79 Å². The smallest absolute Gasteiger partial charge is 0.356 e. The molecular formula is C10H9N3O3. The van der Waals surface area contributed by atoms with Crippen molar-refractivity contribution in [2.24, 2.45) is 0 Å². The molecule has 0 aliphatic heterocycles. The second-order valence-corrected chi connectivity index (χ2v) is 3.29. The number of nitrogens with one attached hydrogen (secondary N) is 1. The van der Waals surface area contributed by atoms with Crippen molar-refractivity contribution in [3.05, 3.63) is 30.2 Å². The number of carbonyl (C=O) groups excluding carboxylic acids is 1. The first kappa shape index (κ1) is 10.2. The van der Waals surface area contributed by atoms with E-state index in [4.69, 9.17) is 5.11 Å². The molecule has 0 spiro atoms. The first-order chi connectivity index (χ1) is 7.56. The van der Waals surface area contributed by atoms with Gasteiger partial charge in [-0.05, 0) is 6.07 Å². The molecule has 0 saturated carbocycles. The van der Waals surface area contributed by atoms with Gasteiger partial charge in [0, 0.05) is 31.1 Å². The fraction of sp³-hybridized carbons (Fsp3) is 0.100. The molecular weight excluding hydrogens is 210 g/mol. The normalized spacial score (nSPS) is 10.3. The van der Waals surface area contributed by atoms with Gasteiger partial charge in [0.05, 0.1) is 0 Å². The van der Waals surface area contributed by atoms with E-state index in [0.717, 1.165) is 0 Å². The molecule has 0 unspecified atom stereocenters. The average Bonchev–Trinajstić information content (AvgIpc) is 2.59. The third-order valence-corrected chi connectivity index (χ3v) is 2.00. The Morgan fingerprint density at radius 3 is 2.88 bits per heavy atom. The molecule has 16 heavy (non-hydrogen) atoms. The van der Waals surface area contributed by atoms with Crippen LogP contribution < -0.4 is 5.32 Å². The van der Waals surface area contributed by atoms with Crippen LogP contribution in [0.15, 0.2) is 24.5 Å². The van der Waals surface area contributed by atoms with Crippen molar-refractivity contribution in [1.29, 1.82) is 0 Å². The second-order valence-electron chi connectivity index (χ2n) is 3.29. The van der Waals surface area contributed by atoms with Crippen molar-refractivity contribution < 1.29 is 14.7 Å². The molecule has 0 aromatic carbocycles. The van der Waals surface area contributed by atoms with E-state index in [9.17, 15) is 9.59 Å². The third-order valence-electron chi connectivity index (χ3n) is 2.00. The lowest BCUT2D eigenvalue weighted by Gasteiger charge is -2.01. The number of fused-ring (bicyclic) bond motifs is 1. The largest absolute Gasteiger partial charge is 0.476 e. The molecule has 82 valence electrons. The van der Waals surface area contributed by atoms with Crippen molar-refractivity contribution in [3.63, 3.8) is 0 Å². The summed E-state index contributed by atoms with van der Waals surface area (Å²) in [6.45, 7) is 1.40. The van der Waals surface area contributed by atoms with Crippen LogP contribution in [0, 0.1) is 0 Å². The van der Waals surface area contributed by atoms with Crippen molar-refractivity contribution in [2.75, 3.05) is 5.32 Å². The van der Waals surface area contributed by atoms with Crippen molar-refractivity contribution in [3.8, 4) is 0 Å². The average molecular weight is 219 g/mol. The highest BCUT2D eigenvalue weighted by atomic mass is 16.4. The maximum absolute atomic E-state index is 10.8. The van der Waals surface area contributed by atoms with E-state index in [1.54, 1.807) is 22.7 Å². The Kier molecular flexibility index (Phi) is 2.32. The van der Waals surface area contributed by atoms with E-state index in [1.807, 2.05) is 0 Å². The Balaban J connectivity index is 2.45. The molecule has 0 saturated heterocycles. The summed E-state index contributed by atoms with van der Waals surface area (Å²) >= 11 is 0. The summed E-state index contributed by atoms with van der Waals surface area (Å²) < 4.78 is 1.58. The van der Waals surface area contributed by atoms with Crippen LogP contribution >= 0.6 is 0 Å². The lowest BCUT2D eigenvalue weighted by atomic mass is 10.4. The number of amides is 1. The van der Waals surface area contributed by atoms with Crippen LogP contribution in [0.25, 0.3) is 5.65 Å². The van der Waals surface area contributed by atoms with Crippen LogP contribution in [0.5, 0.6) is 0 Å². The predicted octanol–water partition coefficient (Wildman–Crippen LogP) is 0.991. The molecule has 0 atom stereocenters. The topological polar surface area (TPSA) is 83.7 Å². The molecule has 0 radical (unpaired) electrons. The molecule has 1 amide bonds. The van der Waals surface area contributed by atoms with E-state index < -0.39 is 5.97 Å². The van der Waals surface area contributed by atoms with Gasteiger partial charge in [0.15, 0.2) is 5.69 Å². The highest BCUT2D eigenvalue weighted by Gasteiger charge is 2.08. The number of aromatic nitrogens is 2. The summed E-state index contributed by atoms with van der Waals surface area (Å²) in [7, 11) is 0. The molecule has 0 fully saturated rings. The van der Waals surface area contributed by atoms with Gasteiger partial charge in [-0.15, -0.1) is 0 Å².